The Morgan fingerprint density at radius 1 is 1.00 bits per heavy atom. The van der Waals surface area contributed by atoms with Crippen molar-refractivity contribution in [2.75, 3.05) is 13.2 Å². The Bertz CT molecular complexity index is 440. The molecule has 3 nitrogen and oxygen atoms in total. The monoisotopic (exact) mass is 350 g/mol. The first kappa shape index (κ1) is 19.2. The summed E-state index contributed by atoms with van der Waals surface area (Å²) in [5, 5.41) is 0. The molecule has 0 spiro atoms. The first-order valence-electron chi connectivity index (χ1n) is 10.7. The van der Waals surface area contributed by atoms with E-state index >= 15 is 0 Å². The van der Waals surface area contributed by atoms with E-state index < -0.39 is 0 Å². The van der Waals surface area contributed by atoms with Crippen LogP contribution in [0.4, 0.5) is 0 Å². The van der Waals surface area contributed by atoms with E-state index in [0.717, 1.165) is 50.7 Å². The molecule has 0 saturated heterocycles. The fourth-order valence-corrected chi connectivity index (χ4v) is 5.81. The van der Waals surface area contributed by atoms with Gasteiger partial charge in [0.2, 0.25) is 0 Å². The highest BCUT2D eigenvalue weighted by molar-refractivity contribution is 5.76. The van der Waals surface area contributed by atoms with Crippen molar-refractivity contribution in [3.8, 4) is 0 Å². The number of esters is 1. The van der Waals surface area contributed by atoms with Gasteiger partial charge in [0, 0.05) is 13.2 Å². The maximum absolute atomic E-state index is 13.0. The number of hydrogen-bond donors (Lipinski definition) is 0. The van der Waals surface area contributed by atoms with E-state index in [2.05, 4.69) is 6.92 Å². The van der Waals surface area contributed by atoms with Crippen LogP contribution in [0.15, 0.2) is 0 Å². The minimum absolute atomic E-state index is 0.0345. The van der Waals surface area contributed by atoms with Gasteiger partial charge in [-0.25, -0.2) is 0 Å². The van der Waals surface area contributed by atoms with Crippen LogP contribution in [0.25, 0.3) is 0 Å². The van der Waals surface area contributed by atoms with Gasteiger partial charge in [0.05, 0.1) is 5.41 Å². The molecule has 0 amide bonds. The fraction of sp³-hybridized carbons (Fsp3) is 0.955. The van der Waals surface area contributed by atoms with Crippen molar-refractivity contribution in [3.05, 3.63) is 0 Å². The first-order chi connectivity index (χ1) is 11.9. The molecule has 4 fully saturated rings. The van der Waals surface area contributed by atoms with Gasteiger partial charge in [0.1, 0.15) is 5.60 Å². The van der Waals surface area contributed by atoms with E-state index in [-0.39, 0.29) is 17.0 Å². The summed E-state index contributed by atoms with van der Waals surface area (Å²) in [6.07, 6.45) is 10.7. The third-order valence-corrected chi connectivity index (χ3v) is 7.55. The van der Waals surface area contributed by atoms with Gasteiger partial charge < -0.3 is 9.47 Å². The number of rotatable bonds is 9. The molecule has 4 aliphatic carbocycles. The molecule has 0 heterocycles. The molecule has 0 radical (unpaired) electrons. The van der Waals surface area contributed by atoms with Crippen molar-refractivity contribution >= 4 is 5.97 Å². The van der Waals surface area contributed by atoms with Crippen LogP contribution in [0.1, 0.15) is 85.5 Å². The van der Waals surface area contributed by atoms with Crippen molar-refractivity contribution in [2.45, 2.75) is 91.1 Å². The summed E-state index contributed by atoms with van der Waals surface area (Å²) in [5.41, 5.74) is -0.545. The third kappa shape index (κ3) is 3.77. The maximum Gasteiger partial charge on any atom is 0.312 e. The van der Waals surface area contributed by atoms with Gasteiger partial charge in [0.15, 0.2) is 0 Å². The number of unbranched alkanes of at least 4 members (excludes halogenated alkanes) is 1. The maximum atomic E-state index is 13.0. The quantitative estimate of drug-likeness (QED) is 0.414. The summed E-state index contributed by atoms with van der Waals surface area (Å²) >= 11 is 0. The van der Waals surface area contributed by atoms with Crippen molar-refractivity contribution in [1.29, 1.82) is 0 Å². The summed E-state index contributed by atoms with van der Waals surface area (Å²) in [7, 11) is 0. The Kier molecular flexibility index (Phi) is 5.82. The number of hydrogen-bond acceptors (Lipinski definition) is 3. The van der Waals surface area contributed by atoms with Gasteiger partial charge in [-0.05, 0) is 102 Å². The van der Waals surface area contributed by atoms with Crippen LogP contribution in [0.2, 0.25) is 0 Å². The van der Waals surface area contributed by atoms with Crippen LogP contribution in [0.5, 0.6) is 0 Å². The van der Waals surface area contributed by atoms with Crippen LogP contribution in [-0.4, -0.2) is 24.8 Å². The van der Waals surface area contributed by atoms with E-state index in [4.69, 9.17) is 9.47 Å². The topological polar surface area (TPSA) is 35.5 Å². The minimum Gasteiger partial charge on any atom is -0.458 e. The summed E-state index contributed by atoms with van der Waals surface area (Å²) in [5.74, 6) is 3.04. The molecule has 4 rings (SSSR count). The first-order valence-corrected chi connectivity index (χ1v) is 10.7. The predicted molar refractivity (Wildman–Crippen MR) is 100 cm³/mol. The Balaban J connectivity index is 1.73. The fourth-order valence-electron chi connectivity index (χ4n) is 5.81. The zero-order valence-electron chi connectivity index (χ0n) is 16.8. The molecule has 3 heteroatoms. The molecule has 0 aliphatic heterocycles. The number of ether oxygens (including phenoxy) is 2. The Labute approximate surface area is 154 Å². The molecule has 0 unspecified atom stereocenters. The second-order valence-corrected chi connectivity index (χ2v) is 9.54. The van der Waals surface area contributed by atoms with Crippen molar-refractivity contribution in [3.63, 3.8) is 0 Å². The standard InChI is InChI=1S/C22H38O3/c1-5-21(3,4)20(23)25-22(9-7-8-10-24-6-2)18-12-16-11-17(14-18)15-19(22)13-16/h16-19H,5-15H2,1-4H3. The summed E-state index contributed by atoms with van der Waals surface area (Å²) < 4.78 is 12.0. The summed E-state index contributed by atoms with van der Waals surface area (Å²) in [4.78, 5) is 13.0. The van der Waals surface area contributed by atoms with E-state index in [9.17, 15) is 4.79 Å². The van der Waals surface area contributed by atoms with Gasteiger partial charge >= 0.3 is 5.97 Å². The molecular formula is C22H38O3. The van der Waals surface area contributed by atoms with Crippen LogP contribution >= 0.6 is 0 Å². The molecule has 4 aliphatic rings. The lowest BCUT2D eigenvalue weighted by Gasteiger charge is -2.60. The lowest BCUT2D eigenvalue weighted by Crippen LogP contribution is -2.60. The molecule has 0 atom stereocenters. The van der Waals surface area contributed by atoms with E-state index in [0.29, 0.717) is 11.8 Å². The van der Waals surface area contributed by atoms with Crippen molar-refractivity contribution in [1.82, 2.24) is 0 Å². The summed E-state index contributed by atoms with van der Waals surface area (Å²) in [6.45, 7) is 9.84. The zero-order chi connectivity index (χ0) is 18.1. The second-order valence-electron chi connectivity index (χ2n) is 9.54. The lowest BCUT2D eigenvalue weighted by molar-refractivity contribution is -0.220. The zero-order valence-corrected chi connectivity index (χ0v) is 16.8. The molecule has 4 bridgehead atoms. The van der Waals surface area contributed by atoms with Gasteiger partial charge in [-0.15, -0.1) is 0 Å². The molecule has 4 saturated carbocycles. The van der Waals surface area contributed by atoms with Crippen molar-refractivity contribution < 1.29 is 14.3 Å². The number of carbonyl (C=O) groups excluding carboxylic acids is 1. The summed E-state index contributed by atoms with van der Waals surface area (Å²) in [6, 6.07) is 0. The van der Waals surface area contributed by atoms with E-state index in [1.807, 2.05) is 20.8 Å². The molecule has 0 aromatic rings. The molecule has 144 valence electrons. The highest BCUT2D eigenvalue weighted by Crippen LogP contribution is 2.61. The highest BCUT2D eigenvalue weighted by Gasteiger charge is 2.59. The van der Waals surface area contributed by atoms with Crippen LogP contribution in [0, 0.1) is 29.1 Å². The molecular weight excluding hydrogens is 312 g/mol. The minimum atomic E-state index is -0.368. The highest BCUT2D eigenvalue weighted by atomic mass is 16.6. The number of carbonyl (C=O) groups is 1. The predicted octanol–water partition coefficient (Wildman–Crippen LogP) is 5.37. The average Bonchev–Trinajstić information content (AvgIpc) is 2.58. The van der Waals surface area contributed by atoms with Crippen LogP contribution < -0.4 is 0 Å². The Morgan fingerprint density at radius 3 is 2.12 bits per heavy atom. The smallest absolute Gasteiger partial charge is 0.312 e. The van der Waals surface area contributed by atoms with Gasteiger partial charge in [-0.1, -0.05) is 6.92 Å². The van der Waals surface area contributed by atoms with Gasteiger partial charge in [-0.2, -0.15) is 0 Å². The SMILES string of the molecule is CCOCCCCC1(OC(=O)C(C)(C)CC)C2CC3CC(C2)CC1C3. The Morgan fingerprint density at radius 2 is 1.60 bits per heavy atom. The van der Waals surface area contributed by atoms with Gasteiger partial charge in [-0.3, -0.25) is 4.79 Å². The van der Waals surface area contributed by atoms with Gasteiger partial charge in [0.25, 0.3) is 0 Å². The van der Waals surface area contributed by atoms with Crippen LogP contribution in [0.3, 0.4) is 0 Å². The normalized spacial score (nSPS) is 36.6. The molecule has 0 N–H and O–H groups in total. The molecule has 25 heavy (non-hydrogen) atoms. The second kappa shape index (κ2) is 7.58. The molecule has 0 aromatic heterocycles. The third-order valence-electron chi connectivity index (χ3n) is 7.55. The van der Waals surface area contributed by atoms with E-state index in [1.54, 1.807) is 0 Å². The van der Waals surface area contributed by atoms with E-state index in [1.165, 1.54) is 32.1 Å². The molecule has 0 aromatic carbocycles. The largest absolute Gasteiger partial charge is 0.458 e. The lowest BCUT2D eigenvalue weighted by atomic mass is 9.49. The average molecular weight is 351 g/mol. The van der Waals surface area contributed by atoms with Crippen molar-refractivity contribution in [2.24, 2.45) is 29.1 Å². The van der Waals surface area contributed by atoms with Crippen LogP contribution in [-0.2, 0) is 14.3 Å². The Hall–Kier alpha value is -0.570.